The predicted octanol–water partition coefficient (Wildman–Crippen LogP) is 1.48. The van der Waals surface area contributed by atoms with E-state index >= 15 is 0 Å². The number of halogens is 1. The van der Waals surface area contributed by atoms with Crippen LogP contribution in [0.15, 0.2) is 24.3 Å². The molecule has 4 nitrogen and oxygen atoms in total. The van der Waals surface area contributed by atoms with Crippen LogP contribution in [-0.2, 0) is 4.79 Å². The molecule has 1 amide bonds. The maximum absolute atomic E-state index is 13.3. The lowest BCUT2D eigenvalue weighted by atomic mass is 9.82. The number of aliphatic hydroxyl groups excluding tert-OH is 1. The Kier molecular flexibility index (Phi) is 4.37. The molecule has 0 saturated heterocycles. The van der Waals surface area contributed by atoms with Gasteiger partial charge in [-0.1, -0.05) is 12.1 Å². The van der Waals surface area contributed by atoms with E-state index in [1.807, 2.05) is 0 Å². The molecule has 1 saturated carbocycles. The first-order valence-electron chi connectivity index (χ1n) is 6.43. The second-order valence-corrected chi connectivity index (χ2v) is 4.93. The van der Waals surface area contributed by atoms with Crippen LogP contribution in [-0.4, -0.2) is 29.8 Å². The van der Waals surface area contributed by atoms with Crippen molar-refractivity contribution >= 4 is 5.91 Å². The number of benzene rings is 1. The minimum Gasteiger partial charge on any atom is -0.478 e. The van der Waals surface area contributed by atoms with E-state index in [1.54, 1.807) is 19.1 Å². The van der Waals surface area contributed by atoms with E-state index in [-0.39, 0.29) is 17.8 Å². The van der Waals surface area contributed by atoms with Crippen LogP contribution in [0.2, 0.25) is 0 Å². The Morgan fingerprint density at radius 2 is 2.21 bits per heavy atom. The summed E-state index contributed by atoms with van der Waals surface area (Å²) < 4.78 is 18.6. The molecule has 2 rings (SSSR count). The molecule has 1 aliphatic rings. The summed E-state index contributed by atoms with van der Waals surface area (Å²) in [6.07, 6.45) is 0.474. The molecule has 104 valence electrons. The van der Waals surface area contributed by atoms with Gasteiger partial charge >= 0.3 is 0 Å². The molecule has 1 aromatic carbocycles. The zero-order chi connectivity index (χ0) is 13.8. The molecule has 0 aliphatic heterocycles. The average Bonchev–Trinajstić information content (AvgIpc) is 2.35. The molecule has 1 aromatic rings. The van der Waals surface area contributed by atoms with Crippen LogP contribution in [0, 0.1) is 11.7 Å². The van der Waals surface area contributed by atoms with Crippen molar-refractivity contribution in [2.24, 2.45) is 5.92 Å². The topological polar surface area (TPSA) is 58.6 Å². The zero-order valence-electron chi connectivity index (χ0n) is 10.8. The smallest absolute Gasteiger partial charge is 0.260 e. The van der Waals surface area contributed by atoms with Gasteiger partial charge in [0.2, 0.25) is 0 Å². The van der Waals surface area contributed by atoms with Gasteiger partial charge in [-0.3, -0.25) is 4.79 Å². The lowest BCUT2D eigenvalue weighted by Crippen LogP contribution is -2.42. The van der Waals surface area contributed by atoms with Crippen molar-refractivity contribution in [3.63, 3.8) is 0 Å². The molecule has 1 aliphatic carbocycles. The van der Waals surface area contributed by atoms with Crippen LogP contribution in [0.5, 0.6) is 5.75 Å². The minimum absolute atomic E-state index is 0.0733. The number of amides is 1. The van der Waals surface area contributed by atoms with Gasteiger partial charge in [0.25, 0.3) is 5.91 Å². The summed E-state index contributed by atoms with van der Waals surface area (Å²) in [4.78, 5) is 11.8. The Morgan fingerprint density at radius 3 is 2.84 bits per heavy atom. The number of carbonyl (C=O) groups is 1. The molecule has 5 heteroatoms. The summed E-state index contributed by atoms with van der Waals surface area (Å²) in [6.45, 7) is 2.11. The van der Waals surface area contributed by atoms with Gasteiger partial charge in [0, 0.05) is 6.54 Å². The normalized spacial score (nSPS) is 23.3. The Hall–Kier alpha value is -1.62. The fourth-order valence-corrected chi connectivity index (χ4v) is 2.04. The Labute approximate surface area is 111 Å². The molecule has 0 heterocycles. The van der Waals surface area contributed by atoms with Gasteiger partial charge in [0.15, 0.2) is 17.7 Å². The van der Waals surface area contributed by atoms with Gasteiger partial charge < -0.3 is 15.2 Å². The molecular formula is C14H18FNO3. The third-order valence-electron chi connectivity index (χ3n) is 3.29. The van der Waals surface area contributed by atoms with Gasteiger partial charge in [0.1, 0.15) is 0 Å². The van der Waals surface area contributed by atoms with Crippen LogP contribution in [0.3, 0.4) is 0 Å². The highest BCUT2D eigenvalue weighted by molar-refractivity contribution is 5.80. The molecule has 1 atom stereocenters. The second kappa shape index (κ2) is 6.02. The van der Waals surface area contributed by atoms with Crippen molar-refractivity contribution in [2.45, 2.75) is 32.0 Å². The minimum atomic E-state index is -0.748. The summed E-state index contributed by atoms with van der Waals surface area (Å²) in [5.74, 6) is -0.349. The molecule has 2 N–H and O–H groups in total. The van der Waals surface area contributed by atoms with E-state index in [9.17, 15) is 9.18 Å². The van der Waals surface area contributed by atoms with Crippen LogP contribution in [0.4, 0.5) is 4.39 Å². The molecule has 0 spiro atoms. The largest absolute Gasteiger partial charge is 0.478 e. The molecule has 19 heavy (non-hydrogen) atoms. The Bertz CT molecular complexity index is 446. The number of hydrogen-bond acceptors (Lipinski definition) is 3. The second-order valence-electron chi connectivity index (χ2n) is 4.93. The van der Waals surface area contributed by atoms with Crippen LogP contribution in [0.1, 0.15) is 19.8 Å². The third-order valence-corrected chi connectivity index (χ3v) is 3.29. The van der Waals surface area contributed by atoms with Gasteiger partial charge in [-0.15, -0.1) is 0 Å². The van der Waals surface area contributed by atoms with Crippen LogP contribution >= 0.6 is 0 Å². The number of hydrogen-bond donors (Lipinski definition) is 2. The number of rotatable bonds is 5. The van der Waals surface area contributed by atoms with Gasteiger partial charge in [-0.2, -0.15) is 0 Å². The van der Waals surface area contributed by atoms with Crippen molar-refractivity contribution in [1.82, 2.24) is 5.32 Å². The number of carbonyl (C=O) groups excluding carboxylic acids is 1. The van der Waals surface area contributed by atoms with Gasteiger partial charge in [0.05, 0.1) is 6.10 Å². The Balaban J connectivity index is 1.77. The van der Waals surface area contributed by atoms with Crippen molar-refractivity contribution < 1.29 is 19.0 Å². The van der Waals surface area contributed by atoms with E-state index in [2.05, 4.69) is 5.32 Å². The number of nitrogens with one attached hydrogen (secondary N) is 1. The van der Waals surface area contributed by atoms with E-state index in [0.717, 1.165) is 12.8 Å². The van der Waals surface area contributed by atoms with E-state index in [1.165, 1.54) is 12.1 Å². The summed E-state index contributed by atoms with van der Waals surface area (Å²) in [7, 11) is 0. The number of para-hydroxylation sites is 1. The SMILES string of the molecule is CC(Oc1ccccc1F)C(=O)NCC1CC(O)C1. The predicted molar refractivity (Wildman–Crippen MR) is 68.2 cm³/mol. The third kappa shape index (κ3) is 3.67. The first-order valence-corrected chi connectivity index (χ1v) is 6.43. The molecular weight excluding hydrogens is 249 g/mol. The highest BCUT2D eigenvalue weighted by atomic mass is 19.1. The maximum Gasteiger partial charge on any atom is 0.260 e. The van der Waals surface area contributed by atoms with Crippen molar-refractivity contribution in [1.29, 1.82) is 0 Å². The molecule has 1 unspecified atom stereocenters. The summed E-state index contributed by atoms with van der Waals surface area (Å²) in [6, 6.07) is 5.99. The molecule has 1 fully saturated rings. The first-order chi connectivity index (χ1) is 9.06. The lowest BCUT2D eigenvalue weighted by Gasteiger charge is -2.31. The van der Waals surface area contributed by atoms with E-state index in [4.69, 9.17) is 9.84 Å². The molecule has 0 aromatic heterocycles. The van der Waals surface area contributed by atoms with Crippen molar-refractivity contribution in [3.8, 4) is 5.75 Å². The summed E-state index contributed by atoms with van der Waals surface area (Å²) in [5, 5.41) is 11.9. The fraction of sp³-hybridized carbons (Fsp3) is 0.500. The van der Waals surface area contributed by atoms with Gasteiger partial charge in [-0.05, 0) is 37.8 Å². The fourth-order valence-electron chi connectivity index (χ4n) is 2.04. The van der Waals surface area contributed by atoms with E-state index in [0.29, 0.717) is 12.5 Å². The zero-order valence-corrected chi connectivity index (χ0v) is 10.8. The van der Waals surface area contributed by atoms with Crippen molar-refractivity contribution in [3.05, 3.63) is 30.1 Å². The molecule has 0 bridgehead atoms. The highest BCUT2D eigenvalue weighted by Gasteiger charge is 2.28. The van der Waals surface area contributed by atoms with Crippen LogP contribution in [0.25, 0.3) is 0 Å². The average molecular weight is 267 g/mol. The monoisotopic (exact) mass is 267 g/mol. The standard InChI is InChI=1S/C14H18FNO3/c1-9(19-13-5-3-2-4-12(13)15)14(18)16-8-10-6-11(17)7-10/h2-5,9-11,17H,6-8H2,1H3,(H,16,18). The number of aliphatic hydroxyl groups is 1. The summed E-state index contributed by atoms with van der Waals surface area (Å²) >= 11 is 0. The lowest BCUT2D eigenvalue weighted by molar-refractivity contribution is -0.127. The summed E-state index contributed by atoms with van der Waals surface area (Å²) in [5.41, 5.74) is 0. The van der Waals surface area contributed by atoms with Crippen LogP contribution < -0.4 is 10.1 Å². The number of ether oxygens (including phenoxy) is 1. The highest BCUT2D eigenvalue weighted by Crippen LogP contribution is 2.26. The maximum atomic E-state index is 13.3. The first kappa shape index (κ1) is 13.8. The van der Waals surface area contributed by atoms with Gasteiger partial charge in [-0.25, -0.2) is 4.39 Å². The quantitative estimate of drug-likeness (QED) is 0.849. The van der Waals surface area contributed by atoms with Crippen molar-refractivity contribution in [2.75, 3.05) is 6.54 Å². The van der Waals surface area contributed by atoms with E-state index < -0.39 is 11.9 Å². The molecule has 0 radical (unpaired) electrons. The Morgan fingerprint density at radius 1 is 1.53 bits per heavy atom.